The second kappa shape index (κ2) is 9.76. The maximum atomic E-state index is 9.82. The summed E-state index contributed by atoms with van der Waals surface area (Å²) in [4.78, 5) is 0. The summed E-state index contributed by atoms with van der Waals surface area (Å²) < 4.78 is 5.49. The number of hydrogen-bond acceptors (Lipinski definition) is 3. The molecule has 0 aromatic carbocycles. The van der Waals surface area contributed by atoms with Gasteiger partial charge in [-0.2, -0.15) is 0 Å². The molecule has 0 aliphatic heterocycles. The zero-order valence-electron chi connectivity index (χ0n) is 13.0. The quantitative estimate of drug-likeness (QED) is 0.561. The number of β-amino-alcohol motifs (C(OH)–C–C–N with tert-alkyl or cyclic N) is 1. The van der Waals surface area contributed by atoms with Gasteiger partial charge in [-0.05, 0) is 38.5 Å². The third kappa shape index (κ3) is 8.90. The van der Waals surface area contributed by atoms with Gasteiger partial charge in [0.2, 0.25) is 0 Å². The fourth-order valence-corrected chi connectivity index (χ4v) is 1.74. The highest BCUT2D eigenvalue weighted by molar-refractivity contribution is 4.80. The molecule has 0 aromatic heterocycles. The van der Waals surface area contributed by atoms with Gasteiger partial charge in [-0.3, -0.25) is 0 Å². The standard InChI is InChI=1S/C15H33NO2/c1-6-15(5,7-2)16-11-14(17)12-18-10-8-9-13(3)4/h13-14,16-17H,6-12H2,1-5H3. The lowest BCUT2D eigenvalue weighted by molar-refractivity contribution is 0.0306. The Hall–Kier alpha value is -0.120. The van der Waals surface area contributed by atoms with E-state index in [1.54, 1.807) is 0 Å². The summed E-state index contributed by atoms with van der Waals surface area (Å²) in [7, 11) is 0. The van der Waals surface area contributed by atoms with E-state index in [9.17, 15) is 5.11 Å². The van der Waals surface area contributed by atoms with Crippen LogP contribution in [0.15, 0.2) is 0 Å². The minimum atomic E-state index is -0.401. The lowest BCUT2D eigenvalue weighted by atomic mass is 9.95. The average molecular weight is 259 g/mol. The maximum Gasteiger partial charge on any atom is 0.0897 e. The number of aliphatic hydroxyl groups is 1. The summed E-state index contributed by atoms with van der Waals surface area (Å²) in [5, 5.41) is 13.2. The summed E-state index contributed by atoms with van der Waals surface area (Å²) in [5.41, 5.74) is 0.138. The van der Waals surface area contributed by atoms with Crippen molar-refractivity contribution in [3.05, 3.63) is 0 Å². The highest BCUT2D eigenvalue weighted by Crippen LogP contribution is 2.13. The molecule has 2 N–H and O–H groups in total. The van der Waals surface area contributed by atoms with Gasteiger partial charge in [0.1, 0.15) is 0 Å². The van der Waals surface area contributed by atoms with Gasteiger partial charge < -0.3 is 15.2 Å². The first kappa shape index (κ1) is 17.9. The van der Waals surface area contributed by atoms with E-state index in [0.717, 1.165) is 31.8 Å². The van der Waals surface area contributed by atoms with Crippen molar-refractivity contribution < 1.29 is 9.84 Å². The van der Waals surface area contributed by atoms with Gasteiger partial charge in [-0.15, -0.1) is 0 Å². The summed E-state index contributed by atoms with van der Waals surface area (Å²) >= 11 is 0. The van der Waals surface area contributed by atoms with Gasteiger partial charge in [0, 0.05) is 18.7 Å². The molecule has 0 aliphatic carbocycles. The molecule has 1 atom stereocenters. The normalized spacial score (nSPS) is 14.2. The average Bonchev–Trinajstić information content (AvgIpc) is 2.35. The molecule has 0 radical (unpaired) electrons. The van der Waals surface area contributed by atoms with Crippen LogP contribution in [0.1, 0.15) is 60.3 Å². The first-order valence-corrected chi connectivity index (χ1v) is 7.44. The molecule has 0 aliphatic rings. The first-order chi connectivity index (χ1) is 8.43. The second-order valence-corrected chi connectivity index (χ2v) is 5.91. The molecular weight excluding hydrogens is 226 g/mol. The van der Waals surface area contributed by atoms with E-state index in [2.05, 4.69) is 39.9 Å². The Morgan fingerprint density at radius 1 is 1.22 bits per heavy atom. The Morgan fingerprint density at radius 2 is 1.83 bits per heavy atom. The topological polar surface area (TPSA) is 41.5 Å². The fraction of sp³-hybridized carbons (Fsp3) is 1.00. The minimum Gasteiger partial charge on any atom is -0.389 e. The van der Waals surface area contributed by atoms with Crippen LogP contribution in [0.3, 0.4) is 0 Å². The number of rotatable bonds is 11. The predicted octanol–water partition coefficient (Wildman–Crippen LogP) is 2.97. The number of hydrogen-bond donors (Lipinski definition) is 2. The van der Waals surface area contributed by atoms with Crippen LogP contribution in [0.25, 0.3) is 0 Å². The number of aliphatic hydroxyl groups excluding tert-OH is 1. The zero-order valence-corrected chi connectivity index (χ0v) is 13.0. The van der Waals surface area contributed by atoms with Crippen molar-refractivity contribution in [2.75, 3.05) is 19.8 Å². The summed E-state index contributed by atoms with van der Waals surface area (Å²) in [6, 6.07) is 0. The van der Waals surface area contributed by atoms with Crippen LogP contribution in [-0.4, -0.2) is 36.5 Å². The molecule has 0 bridgehead atoms. The molecular formula is C15H33NO2. The lowest BCUT2D eigenvalue weighted by Gasteiger charge is -2.29. The Balaban J connectivity index is 3.56. The van der Waals surface area contributed by atoms with E-state index in [4.69, 9.17) is 4.74 Å². The van der Waals surface area contributed by atoms with Crippen molar-refractivity contribution in [2.45, 2.75) is 71.9 Å². The molecule has 0 amide bonds. The van der Waals surface area contributed by atoms with Gasteiger partial charge in [0.25, 0.3) is 0 Å². The summed E-state index contributed by atoms with van der Waals surface area (Å²) in [6.07, 6.45) is 4.02. The van der Waals surface area contributed by atoms with E-state index in [0.29, 0.717) is 13.2 Å². The predicted molar refractivity (Wildman–Crippen MR) is 77.9 cm³/mol. The monoisotopic (exact) mass is 259 g/mol. The van der Waals surface area contributed by atoms with Crippen molar-refractivity contribution in [3.8, 4) is 0 Å². The lowest BCUT2D eigenvalue weighted by Crippen LogP contribution is -2.45. The van der Waals surface area contributed by atoms with Crippen LogP contribution in [0, 0.1) is 5.92 Å². The SMILES string of the molecule is CCC(C)(CC)NCC(O)COCCCC(C)C. The van der Waals surface area contributed by atoms with Crippen LogP contribution in [-0.2, 0) is 4.74 Å². The van der Waals surface area contributed by atoms with E-state index >= 15 is 0 Å². The second-order valence-electron chi connectivity index (χ2n) is 5.91. The molecule has 3 heteroatoms. The number of ether oxygens (including phenoxy) is 1. The van der Waals surface area contributed by atoms with Crippen molar-refractivity contribution in [2.24, 2.45) is 5.92 Å². The molecule has 1 unspecified atom stereocenters. The van der Waals surface area contributed by atoms with E-state index < -0.39 is 6.10 Å². The van der Waals surface area contributed by atoms with Gasteiger partial charge in [-0.1, -0.05) is 27.7 Å². The molecule has 0 saturated heterocycles. The molecule has 3 nitrogen and oxygen atoms in total. The third-order valence-electron chi connectivity index (χ3n) is 3.71. The molecule has 0 heterocycles. The molecule has 110 valence electrons. The Labute approximate surface area is 113 Å². The van der Waals surface area contributed by atoms with Crippen LogP contribution < -0.4 is 5.32 Å². The van der Waals surface area contributed by atoms with Gasteiger partial charge in [0.05, 0.1) is 12.7 Å². The third-order valence-corrected chi connectivity index (χ3v) is 3.71. The molecule has 0 aromatic rings. The Bertz CT molecular complexity index is 191. The molecule has 0 saturated carbocycles. The highest BCUT2D eigenvalue weighted by Gasteiger charge is 2.19. The van der Waals surface area contributed by atoms with Crippen LogP contribution in [0.5, 0.6) is 0 Å². The van der Waals surface area contributed by atoms with Crippen LogP contribution in [0.2, 0.25) is 0 Å². The zero-order chi connectivity index (χ0) is 14.0. The number of nitrogens with one attached hydrogen (secondary N) is 1. The molecule has 0 spiro atoms. The minimum absolute atomic E-state index is 0.138. The van der Waals surface area contributed by atoms with Crippen molar-refractivity contribution in [1.29, 1.82) is 0 Å². The molecule has 0 fully saturated rings. The highest BCUT2D eigenvalue weighted by atomic mass is 16.5. The fourth-order valence-electron chi connectivity index (χ4n) is 1.74. The van der Waals surface area contributed by atoms with Gasteiger partial charge >= 0.3 is 0 Å². The Morgan fingerprint density at radius 3 is 2.33 bits per heavy atom. The summed E-state index contributed by atoms with van der Waals surface area (Å²) in [5.74, 6) is 0.731. The van der Waals surface area contributed by atoms with Gasteiger partial charge in [0.15, 0.2) is 0 Å². The maximum absolute atomic E-state index is 9.82. The van der Waals surface area contributed by atoms with Crippen molar-refractivity contribution >= 4 is 0 Å². The largest absolute Gasteiger partial charge is 0.389 e. The van der Waals surface area contributed by atoms with E-state index in [1.165, 1.54) is 6.42 Å². The van der Waals surface area contributed by atoms with Crippen molar-refractivity contribution in [3.63, 3.8) is 0 Å². The Kier molecular flexibility index (Phi) is 9.70. The smallest absolute Gasteiger partial charge is 0.0897 e. The first-order valence-electron chi connectivity index (χ1n) is 7.44. The molecule has 0 rings (SSSR count). The van der Waals surface area contributed by atoms with E-state index in [1.807, 2.05) is 0 Å². The van der Waals surface area contributed by atoms with Gasteiger partial charge in [-0.25, -0.2) is 0 Å². The molecule has 18 heavy (non-hydrogen) atoms. The van der Waals surface area contributed by atoms with Crippen LogP contribution >= 0.6 is 0 Å². The van der Waals surface area contributed by atoms with Crippen molar-refractivity contribution in [1.82, 2.24) is 5.32 Å². The summed E-state index contributed by atoms with van der Waals surface area (Å²) in [6.45, 7) is 12.8. The van der Waals surface area contributed by atoms with Crippen LogP contribution in [0.4, 0.5) is 0 Å². The van der Waals surface area contributed by atoms with E-state index in [-0.39, 0.29) is 5.54 Å².